The van der Waals surface area contributed by atoms with Crippen molar-refractivity contribution in [3.8, 4) is 6.07 Å². The molecule has 7 heteroatoms. The molecule has 1 atom stereocenters. The third-order valence-corrected chi connectivity index (χ3v) is 5.48. The molecule has 0 unspecified atom stereocenters. The zero-order chi connectivity index (χ0) is 14.8. The number of hydrogen-bond donors (Lipinski definition) is 1. The molecule has 19 heavy (non-hydrogen) atoms. The molecule has 0 spiro atoms. The number of rotatable bonds is 4. The monoisotopic (exact) mass is 320 g/mol. The van der Waals surface area contributed by atoms with Crippen molar-refractivity contribution in [1.29, 1.82) is 5.26 Å². The van der Waals surface area contributed by atoms with Crippen molar-refractivity contribution in [2.75, 3.05) is 0 Å². The van der Waals surface area contributed by atoms with Crippen LogP contribution in [-0.2, 0) is 10.0 Å². The predicted molar refractivity (Wildman–Crippen MR) is 75.6 cm³/mol. The molecular formula is C12H14Cl2N2O2S. The minimum Gasteiger partial charge on any atom is -0.207 e. The smallest absolute Gasteiger partial charge is 0.207 e. The summed E-state index contributed by atoms with van der Waals surface area (Å²) in [6, 6.07) is 6.30. The maximum Gasteiger partial charge on any atom is 0.243 e. The van der Waals surface area contributed by atoms with E-state index in [1.54, 1.807) is 13.8 Å². The third-order valence-electron chi connectivity index (χ3n) is 2.94. The van der Waals surface area contributed by atoms with E-state index in [0.717, 1.165) is 0 Å². The molecule has 4 nitrogen and oxygen atoms in total. The van der Waals surface area contributed by atoms with Crippen molar-refractivity contribution in [1.82, 2.24) is 4.72 Å². The molecule has 0 amide bonds. The molecule has 0 radical (unpaired) electrons. The summed E-state index contributed by atoms with van der Waals surface area (Å²) in [6.07, 6.45) is 0. The van der Waals surface area contributed by atoms with Crippen molar-refractivity contribution in [2.24, 2.45) is 5.92 Å². The number of nitrogens with zero attached hydrogens (tertiary/aromatic N) is 1. The molecule has 0 aliphatic heterocycles. The number of benzene rings is 1. The number of hydrogen-bond acceptors (Lipinski definition) is 3. The Morgan fingerprint density at radius 1 is 1.37 bits per heavy atom. The quantitative estimate of drug-likeness (QED) is 0.926. The Bertz CT molecular complexity index is 623. The Hall–Kier alpha value is -0.800. The van der Waals surface area contributed by atoms with E-state index in [1.165, 1.54) is 25.1 Å². The highest BCUT2D eigenvalue weighted by Gasteiger charge is 2.34. The Labute approximate surface area is 123 Å². The Morgan fingerprint density at radius 3 is 2.42 bits per heavy atom. The fourth-order valence-electron chi connectivity index (χ4n) is 1.30. The molecule has 1 N–H and O–H groups in total. The zero-order valence-corrected chi connectivity index (χ0v) is 13.1. The van der Waals surface area contributed by atoms with Crippen LogP contribution in [-0.4, -0.2) is 14.0 Å². The molecule has 1 aromatic carbocycles. The van der Waals surface area contributed by atoms with E-state index >= 15 is 0 Å². The second-order valence-electron chi connectivity index (χ2n) is 4.63. The summed E-state index contributed by atoms with van der Waals surface area (Å²) in [6.45, 7) is 5.03. The fraction of sp³-hybridized carbons (Fsp3) is 0.417. The van der Waals surface area contributed by atoms with Crippen LogP contribution in [0.25, 0.3) is 0 Å². The van der Waals surface area contributed by atoms with Crippen molar-refractivity contribution < 1.29 is 8.42 Å². The van der Waals surface area contributed by atoms with Crippen LogP contribution in [0.5, 0.6) is 0 Å². The molecule has 0 aromatic heterocycles. The summed E-state index contributed by atoms with van der Waals surface area (Å²) >= 11 is 11.7. The molecule has 0 saturated carbocycles. The highest BCUT2D eigenvalue weighted by Crippen LogP contribution is 2.30. The summed E-state index contributed by atoms with van der Waals surface area (Å²) in [5.41, 5.74) is -1.22. The predicted octanol–water partition coefficient (Wildman–Crippen LogP) is 3.21. The van der Waals surface area contributed by atoms with Gasteiger partial charge in [0.25, 0.3) is 0 Å². The average molecular weight is 321 g/mol. The van der Waals surface area contributed by atoms with Gasteiger partial charge in [-0.15, -0.1) is 0 Å². The van der Waals surface area contributed by atoms with Gasteiger partial charge in [0.2, 0.25) is 10.0 Å². The van der Waals surface area contributed by atoms with Crippen LogP contribution >= 0.6 is 23.2 Å². The van der Waals surface area contributed by atoms with Crippen LogP contribution in [0.3, 0.4) is 0 Å². The molecule has 0 aliphatic rings. The highest BCUT2D eigenvalue weighted by molar-refractivity contribution is 7.89. The standard InChI is InChI=1S/C12H14Cl2N2O2S/c1-8(2)12(3,7-15)16-19(17,18)10-6-4-5-9(13)11(10)14/h4-6,8,16H,1-3H3/t12-/m0/s1. The van der Waals surface area contributed by atoms with Gasteiger partial charge in [-0.05, 0) is 25.0 Å². The number of nitrogens with one attached hydrogen (secondary N) is 1. The summed E-state index contributed by atoms with van der Waals surface area (Å²) in [5.74, 6) is -0.203. The lowest BCUT2D eigenvalue weighted by atomic mass is 9.92. The number of sulfonamides is 1. The van der Waals surface area contributed by atoms with Crippen LogP contribution in [0.15, 0.2) is 23.1 Å². The molecule has 1 aromatic rings. The first-order valence-electron chi connectivity index (χ1n) is 5.53. The van der Waals surface area contributed by atoms with E-state index < -0.39 is 15.6 Å². The lowest BCUT2D eigenvalue weighted by Gasteiger charge is -2.27. The minimum atomic E-state index is -3.92. The molecule has 0 aliphatic carbocycles. The lowest BCUT2D eigenvalue weighted by Crippen LogP contribution is -2.48. The SMILES string of the molecule is CC(C)[C@](C)(C#N)NS(=O)(=O)c1cccc(Cl)c1Cl. The van der Waals surface area contributed by atoms with Gasteiger partial charge in [-0.3, -0.25) is 0 Å². The molecule has 0 bridgehead atoms. The van der Waals surface area contributed by atoms with Gasteiger partial charge in [0.15, 0.2) is 0 Å². The topological polar surface area (TPSA) is 70.0 Å². The largest absolute Gasteiger partial charge is 0.243 e. The molecular weight excluding hydrogens is 307 g/mol. The molecule has 0 heterocycles. The first kappa shape index (κ1) is 16.3. The molecule has 1 rings (SSSR count). The van der Waals surface area contributed by atoms with E-state index in [0.29, 0.717) is 0 Å². The van der Waals surface area contributed by atoms with Gasteiger partial charge in [0.1, 0.15) is 10.4 Å². The van der Waals surface area contributed by atoms with Crippen LogP contribution in [0.4, 0.5) is 0 Å². The summed E-state index contributed by atoms with van der Waals surface area (Å²) in [5, 5.41) is 9.25. The normalized spacial score (nSPS) is 15.0. The van der Waals surface area contributed by atoms with Crippen molar-refractivity contribution in [2.45, 2.75) is 31.2 Å². The van der Waals surface area contributed by atoms with Gasteiger partial charge in [0, 0.05) is 0 Å². The molecule has 0 fully saturated rings. The van der Waals surface area contributed by atoms with Crippen LogP contribution in [0.1, 0.15) is 20.8 Å². The lowest BCUT2D eigenvalue weighted by molar-refractivity contribution is 0.389. The van der Waals surface area contributed by atoms with E-state index in [2.05, 4.69) is 4.72 Å². The summed E-state index contributed by atoms with van der Waals surface area (Å²) < 4.78 is 26.9. The summed E-state index contributed by atoms with van der Waals surface area (Å²) in [4.78, 5) is -0.135. The Balaban J connectivity index is 3.27. The van der Waals surface area contributed by atoms with E-state index in [-0.39, 0.29) is 20.9 Å². The van der Waals surface area contributed by atoms with Crippen LogP contribution < -0.4 is 4.72 Å². The second-order valence-corrected chi connectivity index (χ2v) is 7.06. The van der Waals surface area contributed by atoms with E-state index in [1.807, 2.05) is 6.07 Å². The Morgan fingerprint density at radius 2 is 1.95 bits per heavy atom. The van der Waals surface area contributed by atoms with E-state index in [4.69, 9.17) is 28.5 Å². The Kier molecular flexibility index (Phi) is 4.86. The van der Waals surface area contributed by atoms with Gasteiger partial charge in [0.05, 0.1) is 16.1 Å². The van der Waals surface area contributed by atoms with Crippen molar-refractivity contribution in [3.63, 3.8) is 0 Å². The van der Waals surface area contributed by atoms with Gasteiger partial charge >= 0.3 is 0 Å². The molecule has 104 valence electrons. The van der Waals surface area contributed by atoms with Gasteiger partial charge in [-0.2, -0.15) is 9.98 Å². The zero-order valence-electron chi connectivity index (χ0n) is 10.7. The van der Waals surface area contributed by atoms with Crippen molar-refractivity contribution in [3.05, 3.63) is 28.2 Å². The maximum absolute atomic E-state index is 12.3. The minimum absolute atomic E-state index is 0.0549. The average Bonchev–Trinajstić information content (AvgIpc) is 2.31. The molecule has 0 saturated heterocycles. The maximum atomic E-state index is 12.3. The highest BCUT2D eigenvalue weighted by atomic mass is 35.5. The van der Waals surface area contributed by atoms with Crippen LogP contribution in [0.2, 0.25) is 10.0 Å². The van der Waals surface area contributed by atoms with Gasteiger partial charge in [-0.25, -0.2) is 8.42 Å². The van der Waals surface area contributed by atoms with Gasteiger partial charge in [-0.1, -0.05) is 43.1 Å². The summed E-state index contributed by atoms with van der Waals surface area (Å²) in [7, 11) is -3.92. The van der Waals surface area contributed by atoms with Crippen molar-refractivity contribution >= 4 is 33.2 Å². The number of nitriles is 1. The second kappa shape index (κ2) is 5.68. The third kappa shape index (κ3) is 3.40. The van der Waals surface area contributed by atoms with Gasteiger partial charge < -0.3 is 0 Å². The van der Waals surface area contributed by atoms with E-state index in [9.17, 15) is 8.42 Å². The number of halogens is 2. The first-order chi connectivity index (χ1) is 8.64. The van der Waals surface area contributed by atoms with Crippen LogP contribution in [0, 0.1) is 17.2 Å². The first-order valence-corrected chi connectivity index (χ1v) is 7.77. The fourth-order valence-corrected chi connectivity index (χ4v) is 3.51.